The second kappa shape index (κ2) is 10.4. The molecule has 4 heteroatoms. The minimum absolute atomic E-state index is 0.0449. The predicted molar refractivity (Wildman–Crippen MR) is 114 cm³/mol. The second-order valence-electron chi connectivity index (χ2n) is 7.72. The molecule has 0 saturated carbocycles. The third-order valence-corrected chi connectivity index (χ3v) is 5.41. The zero-order valence-electron chi connectivity index (χ0n) is 17.3. The lowest BCUT2D eigenvalue weighted by Crippen LogP contribution is -2.32. The summed E-state index contributed by atoms with van der Waals surface area (Å²) in [4.78, 5) is 16.0. The zero-order valence-corrected chi connectivity index (χ0v) is 17.3. The van der Waals surface area contributed by atoms with Crippen molar-refractivity contribution < 1.29 is 4.79 Å². The number of amides is 1. The third-order valence-electron chi connectivity index (χ3n) is 5.41. The van der Waals surface area contributed by atoms with Crippen LogP contribution in [0.25, 0.3) is 5.57 Å². The molecule has 2 rings (SSSR count). The highest BCUT2D eigenvalue weighted by Crippen LogP contribution is 2.21. The van der Waals surface area contributed by atoms with Gasteiger partial charge >= 0.3 is 0 Å². The quantitative estimate of drug-likeness (QED) is 0.711. The Morgan fingerprint density at radius 2 is 2.22 bits per heavy atom. The highest BCUT2D eigenvalue weighted by Gasteiger charge is 2.20. The Hall–Kier alpha value is -1.91. The molecule has 1 aliphatic heterocycles. The number of nitrogens with two attached hydrogens (primary N) is 1. The van der Waals surface area contributed by atoms with E-state index in [9.17, 15) is 4.79 Å². The van der Waals surface area contributed by atoms with Crippen LogP contribution in [0.1, 0.15) is 44.7 Å². The van der Waals surface area contributed by atoms with Crippen LogP contribution in [0, 0.1) is 5.92 Å². The Morgan fingerprint density at radius 3 is 2.85 bits per heavy atom. The highest BCUT2D eigenvalue weighted by molar-refractivity contribution is 5.78. The number of benzene rings is 1. The number of carbonyl (C=O) groups is 1. The topological polar surface area (TPSA) is 49.6 Å². The van der Waals surface area contributed by atoms with Gasteiger partial charge in [0.25, 0.3) is 0 Å². The largest absolute Gasteiger partial charge is 0.340 e. The number of allylic oxidation sites excluding steroid dienone is 3. The SMILES string of the molecule is C/C=C(\C=C/C(C)CN1CCC[C@H]1C)c1cccc(CN(C)C(=O)CN)c1. The van der Waals surface area contributed by atoms with Crippen LogP contribution in [0.2, 0.25) is 0 Å². The smallest absolute Gasteiger partial charge is 0.236 e. The average molecular weight is 370 g/mol. The standard InChI is InChI=1S/C23H35N3O/c1-5-21(12-11-18(2)16-26-13-7-8-19(26)3)22-10-6-9-20(14-22)17-25(4)23(27)15-24/h5-6,9-12,14,18-19H,7-8,13,15-17,24H2,1-4H3/b12-11-,21-5+/t18?,19-/m1/s1. The van der Waals surface area contributed by atoms with E-state index < -0.39 is 0 Å². The number of hydrogen-bond acceptors (Lipinski definition) is 3. The van der Waals surface area contributed by atoms with Gasteiger partial charge in [-0.25, -0.2) is 0 Å². The molecular formula is C23H35N3O. The van der Waals surface area contributed by atoms with Crippen LogP contribution in [0.5, 0.6) is 0 Å². The van der Waals surface area contributed by atoms with Crippen molar-refractivity contribution in [2.45, 2.75) is 46.2 Å². The Bertz CT molecular complexity index is 680. The molecule has 0 bridgehead atoms. The summed E-state index contributed by atoms with van der Waals surface area (Å²) < 4.78 is 0. The molecule has 1 fully saturated rings. The molecule has 1 amide bonds. The number of nitrogens with zero attached hydrogens (tertiary/aromatic N) is 2. The van der Waals surface area contributed by atoms with Crippen LogP contribution in [0.15, 0.2) is 42.5 Å². The first-order valence-electron chi connectivity index (χ1n) is 10.1. The fraction of sp³-hybridized carbons (Fsp3) is 0.522. The lowest BCUT2D eigenvalue weighted by Gasteiger charge is -2.23. The van der Waals surface area contributed by atoms with E-state index in [1.807, 2.05) is 0 Å². The van der Waals surface area contributed by atoms with Gasteiger partial charge in [0.05, 0.1) is 6.54 Å². The van der Waals surface area contributed by atoms with Crippen LogP contribution in [-0.2, 0) is 11.3 Å². The fourth-order valence-corrected chi connectivity index (χ4v) is 3.69. The summed E-state index contributed by atoms with van der Waals surface area (Å²) in [5.74, 6) is 0.480. The van der Waals surface area contributed by atoms with Crippen molar-refractivity contribution in [2.75, 3.05) is 26.7 Å². The van der Waals surface area contributed by atoms with Gasteiger partial charge in [0.1, 0.15) is 0 Å². The summed E-state index contributed by atoms with van der Waals surface area (Å²) in [5, 5.41) is 0. The van der Waals surface area contributed by atoms with Crippen molar-refractivity contribution in [1.82, 2.24) is 9.80 Å². The molecule has 4 nitrogen and oxygen atoms in total. The number of carbonyl (C=O) groups excluding carboxylic acids is 1. The van der Waals surface area contributed by atoms with Crippen LogP contribution in [0.3, 0.4) is 0 Å². The van der Waals surface area contributed by atoms with E-state index in [0.717, 1.165) is 12.1 Å². The van der Waals surface area contributed by atoms with Crippen molar-refractivity contribution in [3.63, 3.8) is 0 Å². The Labute approximate surface area is 164 Å². The van der Waals surface area contributed by atoms with E-state index in [2.05, 4.69) is 68.2 Å². The first-order chi connectivity index (χ1) is 12.9. The van der Waals surface area contributed by atoms with Crippen molar-refractivity contribution in [3.8, 4) is 0 Å². The van der Waals surface area contributed by atoms with Crippen molar-refractivity contribution in [2.24, 2.45) is 11.7 Å². The van der Waals surface area contributed by atoms with Gasteiger partial charge < -0.3 is 15.5 Å². The van der Waals surface area contributed by atoms with E-state index in [-0.39, 0.29) is 12.5 Å². The zero-order chi connectivity index (χ0) is 19.8. The first-order valence-corrected chi connectivity index (χ1v) is 10.1. The number of likely N-dealkylation sites (N-methyl/N-ethyl adjacent to an activating group) is 1. The van der Waals surface area contributed by atoms with Gasteiger partial charge in [0, 0.05) is 26.2 Å². The van der Waals surface area contributed by atoms with E-state index >= 15 is 0 Å². The molecule has 148 valence electrons. The van der Waals surface area contributed by atoms with E-state index in [4.69, 9.17) is 5.73 Å². The van der Waals surface area contributed by atoms with Gasteiger partial charge in [0.2, 0.25) is 5.91 Å². The Kier molecular flexibility index (Phi) is 8.26. The van der Waals surface area contributed by atoms with Gasteiger partial charge in [-0.2, -0.15) is 0 Å². The van der Waals surface area contributed by atoms with Gasteiger partial charge in [-0.05, 0) is 61.9 Å². The van der Waals surface area contributed by atoms with Crippen molar-refractivity contribution in [1.29, 1.82) is 0 Å². The van der Waals surface area contributed by atoms with Crippen molar-refractivity contribution in [3.05, 3.63) is 53.6 Å². The monoisotopic (exact) mass is 369 g/mol. The summed E-state index contributed by atoms with van der Waals surface area (Å²) >= 11 is 0. The average Bonchev–Trinajstić information content (AvgIpc) is 3.06. The molecule has 0 aliphatic carbocycles. The maximum Gasteiger partial charge on any atom is 0.236 e. The molecule has 1 aromatic carbocycles. The van der Waals surface area contributed by atoms with Gasteiger partial charge in [-0.1, -0.05) is 43.4 Å². The molecule has 1 aromatic rings. The third kappa shape index (κ3) is 6.33. The lowest BCUT2D eigenvalue weighted by atomic mass is 10.0. The molecule has 2 N–H and O–H groups in total. The fourth-order valence-electron chi connectivity index (χ4n) is 3.69. The van der Waals surface area contributed by atoms with Crippen LogP contribution < -0.4 is 5.73 Å². The van der Waals surface area contributed by atoms with E-state index in [1.54, 1.807) is 11.9 Å². The maximum atomic E-state index is 11.7. The number of hydrogen-bond donors (Lipinski definition) is 1. The number of likely N-dealkylation sites (tertiary alicyclic amines) is 1. The second-order valence-corrected chi connectivity index (χ2v) is 7.72. The van der Waals surface area contributed by atoms with Gasteiger partial charge in [0.15, 0.2) is 0 Å². The van der Waals surface area contributed by atoms with Gasteiger partial charge in [-0.3, -0.25) is 4.79 Å². The molecule has 1 unspecified atom stereocenters. The molecular weight excluding hydrogens is 334 g/mol. The summed E-state index contributed by atoms with van der Waals surface area (Å²) in [6.45, 7) is 9.68. The summed E-state index contributed by atoms with van der Waals surface area (Å²) in [6, 6.07) is 9.11. The predicted octanol–water partition coefficient (Wildman–Crippen LogP) is 3.68. The Balaban J connectivity index is 2.02. The molecule has 0 spiro atoms. The van der Waals surface area contributed by atoms with Crippen LogP contribution >= 0.6 is 0 Å². The minimum Gasteiger partial charge on any atom is -0.340 e. The Morgan fingerprint density at radius 1 is 1.44 bits per heavy atom. The van der Waals surface area contributed by atoms with E-state index in [1.165, 1.54) is 30.5 Å². The minimum atomic E-state index is -0.0449. The summed E-state index contributed by atoms with van der Waals surface area (Å²) in [7, 11) is 1.79. The first kappa shape index (κ1) is 21.4. The molecule has 1 saturated heterocycles. The van der Waals surface area contributed by atoms with E-state index in [0.29, 0.717) is 18.5 Å². The van der Waals surface area contributed by atoms with Crippen LogP contribution in [0.4, 0.5) is 0 Å². The molecule has 0 radical (unpaired) electrons. The maximum absolute atomic E-state index is 11.7. The molecule has 1 aliphatic rings. The summed E-state index contributed by atoms with van der Waals surface area (Å²) in [5.41, 5.74) is 8.96. The molecule has 1 heterocycles. The van der Waals surface area contributed by atoms with Gasteiger partial charge in [-0.15, -0.1) is 0 Å². The molecule has 2 atom stereocenters. The molecule has 27 heavy (non-hydrogen) atoms. The van der Waals surface area contributed by atoms with Crippen molar-refractivity contribution >= 4 is 11.5 Å². The normalized spacial score (nSPS) is 19.6. The lowest BCUT2D eigenvalue weighted by molar-refractivity contribution is -0.128. The van der Waals surface area contributed by atoms with Crippen LogP contribution in [-0.4, -0.2) is 48.4 Å². The number of rotatable bonds is 8. The summed E-state index contributed by atoms with van der Waals surface area (Å²) in [6.07, 6.45) is 9.35. The highest BCUT2D eigenvalue weighted by atomic mass is 16.2. The molecule has 0 aromatic heterocycles.